The highest BCUT2D eigenvalue weighted by Crippen LogP contribution is 2.19. The molecule has 1 N–H and O–H groups in total. The van der Waals surface area contributed by atoms with Crippen molar-refractivity contribution in [2.75, 3.05) is 6.54 Å². The second-order valence-electron chi connectivity index (χ2n) is 4.40. The third-order valence-corrected chi connectivity index (χ3v) is 3.81. The Morgan fingerprint density at radius 1 is 1.32 bits per heavy atom. The van der Waals surface area contributed by atoms with E-state index in [1.807, 2.05) is 18.6 Å². The van der Waals surface area contributed by atoms with Gasteiger partial charge in [-0.1, -0.05) is 12.1 Å². The normalized spacial score (nSPS) is 10.8. The molecule has 0 saturated carbocycles. The van der Waals surface area contributed by atoms with Crippen molar-refractivity contribution in [2.45, 2.75) is 25.9 Å². The minimum absolute atomic E-state index is 0.209. The molecular weight excluding hydrogens is 309 g/mol. The lowest BCUT2D eigenvalue weighted by molar-refractivity contribution is 0.565. The van der Waals surface area contributed by atoms with Gasteiger partial charge in [0.05, 0.1) is 10.8 Å². The van der Waals surface area contributed by atoms with Crippen LogP contribution in [0.3, 0.4) is 0 Å². The molecule has 0 atom stereocenters. The molecule has 3 nitrogen and oxygen atoms in total. The highest BCUT2D eigenvalue weighted by atomic mass is 79.9. The maximum absolute atomic E-state index is 13.3. The Hall–Kier alpha value is -1.20. The lowest BCUT2D eigenvalue weighted by Crippen LogP contribution is -2.15. The quantitative estimate of drug-likeness (QED) is 0.791. The number of hydrogen-bond donors (Lipinski definition) is 1. The molecule has 19 heavy (non-hydrogen) atoms. The predicted octanol–water partition coefficient (Wildman–Crippen LogP) is 3.35. The average Bonchev–Trinajstić information content (AvgIpc) is 2.91. The number of rotatable bonds is 7. The van der Waals surface area contributed by atoms with Crippen LogP contribution in [0.15, 0.2) is 41.4 Å². The minimum atomic E-state index is -0.209. The summed E-state index contributed by atoms with van der Waals surface area (Å²) in [5, 5.41) is 3.33. The zero-order chi connectivity index (χ0) is 13.5. The summed E-state index contributed by atoms with van der Waals surface area (Å²) in [5.41, 5.74) is 0.953. The molecule has 0 radical (unpaired) electrons. The second-order valence-corrected chi connectivity index (χ2v) is 5.19. The van der Waals surface area contributed by atoms with Crippen LogP contribution in [-0.4, -0.2) is 16.1 Å². The first kappa shape index (κ1) is 14.2. The topological polar surface area (TPSA) is 29.9 Å². The van der Waals surface area contributed by atoms with Crippen molar-refractivity contribution >= 4 is 15.9 Å². The summed E-state index contributed by atoms with van der Waals surface area (Å²) in [7, 11) is 0. The highest BCUT2D eigenvalue weighted by Gasteiger charge is 2.03. The molecule has 0 aliphatic heterocycles. The van der Waals surface area contributed by atoms with Crippen LogP contribution >= 0.6 is 15.9 Å². The van der Waals surface area contributed by atoms with E-state index in [1.165, 1.54) is 6.07 Å². The summed E-state index contributed by atoms with van der Waals surface area (Å²) in [4.78, 5) is 4.00. The first-order valence-corrected chi connectivity index (χ1v) is 7.16. The number of unbranched alkanes of at least 4 members (excludes halogenated alkanes) is 1. The van der Waals surface area contributed by atoms with E-state index in [0.717, 1.165) is 31.5 Å². The molecule has 102 valence electrons. The van der Waals surface area contributed by atoms with Crippen molar-refractivity contribution in [2.24, 2.45) is 0 Å². The number of halogens is 2. The van der Waals surface area contributed by atoms with Crippen LogP contribution in [0.25, 0.3) is 0 Å². The molecule has 5 heteroatoms. The van der Waals surface area contributed by atoms with Gasteiger partial charge in [0.15, 0.2) is 0 Å². The molecule has 0 amide bonds. The standard InChI is InChI=1S/C14H17BrFN3/c15-14-12(4-3-5-13(14)16)10-17-6-1-2-8-19-9-7-18-11-19/h3-5,7,9,11,17H,1-2,6,8,10H2. The van der Waals surface area contributed by atoms with Gasteiger partial charge in [-0.05, 0) is 46.9 Å². The predicted molar refractivity (Wildman–Crippen MR) is 77.3 cm³/mol. The summed E-state index contributed by atoms with van der Waals surface area (Å²) in [5.74, 6) is -0.209. The SMILES string of the molecule is Fc1cccc(CNCCCCn2ccnc2)c1Br. The molecule has 0 aliphatic rings. The second kappa shape index (κ2) is 7.40. The van der Waals surface area contributed by atoms with E-state index in [1.54, 1.807) is 12.3 Å². The van der Waals surface area contributed by atoms with Gasteiger partial charge in [0.25, 0.3) is 0 Å². The van der Waals surface area contributed by atoms with Crippen molar-refractivity contribution in [1.29, 1.82) is 0 Å². The Morgan fingerprint density at radius 2 is 2.21 bits per heavy atom. The van der Waals surface area contributed by atoms with Crippen molar-refractivity contribution in [1.82, 2.24) is 14.9 Å². The Balaban J connectivity index is 1.63. The maximum Gasteiger partial charge on any atom is 0.137 e. The van der Waals surface area contributed by atoms with E-state index in [2.05, 4.69) is 30.8 Å². The van der Waals surface area contributed by atoms with Crippen molar-refractivity contribution in [3.63, 3.8) is 0 Å². The van der Waals surface area contributed by atoms with E-state index < -0.39 is 0 Å². The number of imidazole rings is 1. The van der Waals surface area contributed by atoms with E-state index in [0.29, 0.717) is 11.0 Å². The van der Waals surface area contributed by atoms with Crippen molar-refractivity contribution in [3.05, 3.63) is 52.8 Å². The fourth-order valence-corrected chi connectivity index (χ4v) is 2.28. The van der Waals surface area contributed by atoms with Crippen LogP contribution in [0.1, 0.15) is 18.4 Å². The lowest BCUT2D eigenvalue weighted by Gasteiger charge is -2.07. The molecule has 1 heterocycles. The highest BCUT2D eigenvalue weighted by molar-refractivity contribution is 9.10. The number of aryl methyl sites for hydroxylation is 1. The summed E-state index contributed by atoms with van der Waals surface area (Å²) < 4.78 is 15.9. The first-order chi connectivity index (χ1) is 9.27. The molecule has 2 rings (SSSR count). The third kappa shape index (κ3) is 4.44. The van der Waals surface area contributed by atoms with Crippen LogP contribution in [-0.2, 0) is 13.1 Å². The summed E-state index contributed by atoms with van der Waals surface area (Å²) >= 11 is 3.26. The van der Waals surface area contributed by atoms with Crippen LogP contribution < -0.4 is 5.32 Å². The average molecular weight is 326 g/mol. The monoisotopic (exact) mass is 325 g/mol. The molecule has 0 fully saturated rings. The lowest BCUT2D eigenvalue weighted by atomic mass is 10.2. The Morgan fingerprint density at radius 3 is 3.00 bits per heavy atom. The first-order valence-electron chi connectivity index (χ1n) is 6.36. The van der Waals surface area contributed by atoms with Gasteiger partial charge in [-0.15, -0.1) is 0 Å². The zero-order valence-electron chi connectivity index (χ0n) is 10.6. The van der Waals surface area contributed by atoms with E-state index in [4.69, 9.17) is 0 Å². The van der Waals surface area contributed by atoms with Crippen molar-refractivity contribution in [3.8, 4) is 0 Å². The summed E-state index contributed by atoms with van der Waals surface area (Å²) in [6, 6.07) is 5.11. The van der Waals surface area contributed by atoms with Gasteiger partial charge in [0.2, 0.25) is 0 Å². The number of aromatic nitrogens is 2. The Labute approximate surface area is 121 Å². The molecular formula is C14H17BrFN3. The van der Waals surface area contributed by atoms with Gasteiger partial charge in [0.1, 0.15) is 5.82 Å². The maximum atomic E-state index is 13.3. The van der Waals surface area contributed by atoms with Gasteiger partial charge in [-0.25, -0.2) is 9.37 Å². The molecule has 1 aromatic carbocycles. The van der Waals surface area contributed by atoms with Gasteiger partial charge in [0, 0.05) is 25.5 Å². The largest absolute Gasteiger partial charge is 0.337 e. The van der Waals surface area contributed by atoms with E-state index in [-0.39, 0.29) is 5.82 Å². The minimum Gasteiger partial charge on any atom is -0.337 e. The van der Waals surface area contributed by atoms with E-state index in [9.17, 15) is 4.39 Å². The number of nitrogens with zero attached hydrogens (tertiary/aromatic N) is 2. The summed E-state index contributed by atoms with van der Waals surface area (Å²) in [6.07, 6.45) is 7.78. The Kier molecular flexibility index (Phi) is 5.54. The molecule has 0 unspecified atom stereocenters. The fourth-order valence-electron chi connectivity index (χ4n) is 1.87. The van der Waals surface area contributed by atoms with Crippen LogP contribution in [0.2, 0.25) is 0 Å². The number of nitrogens with one attached hydrogen (secondary N) is 1. The Bertz CT molecular complexity index is 499. The smallest absolute Gasteiger partial charge is 0.137 e. The van der Waals surface area contributed by atoms with Gasteiger partial charge in [-0.3, -0.25) is 0 Å². The van der Waals surface area contributed by atoms with E-state index >= 15 is 0 Å². The fraction of sp³-hybridized carbons (Fsp3) is 0.357. The molecule has 1 aromatic heterocycles. The molecule has 0 bridgehead atoms. The molecule has 0 aliphatic carbocycles. The molecule has 0 spiro atoms. The van der Waals surface area contributed by atoms with Crippen molar-refractivity contribution < 1.29 is 4.39 Å². The molecule has 0 saturated heterocycles. The van der Waals surface area contributed by atoms with Gasteiger partial charge >= 0.3 is 0 Å². The third-order valence-electron chi connectivity index (χ3n) is 2.93. The van der Waals surface area contributed by atoms with Gasteiger partial charge in [-0.2, -0.15) is 0 Å². The summed E-state index contributed by atoms with van der Waals surface area (Å²) in [6.45, 7) is 2.60. The van der Waals surface area contributed by atoms with Gasteiger partial charge < -0.3 is 9.88 Å². The van der Waals surface area contributed by atoms with Crippen LogP contribution in [0, 0.1) is 5.82 Å². The zero-order valence-corrected chi connectivity index (χ0v) is 12.2. The van der Waals surface area contributed by atoms with Crippen LogP contribution in [0.4, 0.5) is 4.39 Å². The number of benzene rings is 1. The number of hydrogen-bond acceptors (Lipinski definition) is 2. The molecule has 2 aromatic rings. The van der Waals surface area contributed by atoms with Crippen LogP contribution in [0.5, 0.6) is 0 Å².